The SMILES string of the molecule is COC(=O)[C@@H]1C[C@H](C(=O)OC)[C@H](c2ccc3ccccc3c2)N1. The molecule has 1 N–H and O–H groups in total. The van der Waals surface area contributed by atoms with Gasteiger partial charge >= 0.3 is 11.9 Å². The lowest BCUT2D eigenvalue weighted by molar-refractivity contribution is -0.146. The van der Waals surface area contributed by atoms with E-state index >= 15 is 0 Å². The van der Waals surface area contributed by atoms with Crippen LogP contribution in [0.3, 0.4) is 0 Å². The molecular weight excluding hydrogens is 294 g/mol. The second-order valence-corrected chi connectivity index (χ2v) is 5.69. The van der Waals surface area contributed by atoms with Crippen LogP contribution in [0.2, 0.25) is 0 Å². The minimum Gasteiger partial charge on any atom is -0.469 e. The van der Waals surface area contributed by atoms with Crippen molar-refractivity contribution in [1.29, 1.82) is 0 Å². The minimum atomic E-state index is -0.499. The zero-order valence-electron chi connectivity index (χ0n) is 13.1. The predicted octanol–water partition coefficient (Wildman–Crippen LogP) is 2.20. The summed E-state index contributed by atoms with van der Waals surface area (Å²) in [7, 11) is 2.71. The van der Waals surface area contributed by atoms with Crippen molar-refractivity contribution in [2.75, 3.05) is 14.2 Å². The van der Waals surface area contributed by atoms with E-state index in [9.17, 15) is 9.59 Å². The van der Waals surface area contributed by atoms with Crippen LogP contribution in [0.25, 0.3) is 10.8 Å². The maximum absolute atomic E-state index is 12.1. The molecule has 1 heterocycles. The van der Waals surface area contributed by atoms with E-state index in [1.54, 1.807) is 0 Å². The maximum Gasteiger partial charge on any atom is 0.322 e. The van der Waals surface area contributed by atoms with Gasteiger partial charge in [-0.05, 0) is 28.8 Å². The van der Waals surface area contributed by atoms with E-state index in [2.05, 4.69) is 5.32 Å². The van der Waals surface area contributed by atoms with E-state index in [1.165, 1.54) is 14.2 Å². The number of hydrogen-bond donors (Lipinski definition) is 1. The van der Waals surface area contributed by atoms with Crippen molar-refractivity contribution in [3.63, 3.8) is 0 Å². The fourth-order valence-electron chi connectivity index (χ4n) is 3.21. The molecule has 1 aliphatic rings. The van der Waals surface area contributed by atoms with Gasteiger partial charge in [0.15, 0.2) is 0 Å². The van der Waals surface area contributed by atoms with Gasteiger partial charge in [0.05, 0.1) is 20.1 Å². The first kappa shape index (κ1) is 15.5. The Morgan fingerprint density at radius 2 is 1.70 bits per heavy atom. The van der Waals surface area contributed by atoms with E-state index in [0.717, 1.165) is 16.3 Å². The van der Waals surface area contributed by atoms with Crippen molar-refractivity contribution in [2.45, 2.75) is 18.5 Å². The fourth-order valence-corrected chi connectivity index (χ4v) is 3.21. The van der Waals surface area contributed by atoms with E-state index in [4.69, 9.17) is 9.47 Å². The molecule has 23 heavy (non-hydrogen) atoms. The number of nitrogens with one attached hydrogen (secondary N) is 1. The normalized spacial score (nSPS) is 23.7. The standard InChI is InChI=1S/C18H19NO4/c1-22-17(20)14-10-15(18(21)23-2)19-16(14)13-8-7-11-5-3-4-6-12(11)9-13/h3-9,14-16,19H,10H2,1-2H3/t14-,15-,16-/m0/s1. The lowest BCUT2D eigenvalue weighted by atomic mass is 9.92. The molecule has 3 atom stereocenters. The summed E-state index contributed by atoms with van der Waals surface area (Å²) in [5.41, 5.74) is 0.963. The van der Waals surface area contributed by atoms with E-state index in [1.807, 2.05) is 42.5 Å². The number of fused-ring (bicyclic) bond motifs is 1. The van der Waals surface area contributed by atoms with Crippen molar-refractivity contribution in [3.05, 3.63) is 48.0 Å². The largest absolute Gasteiger partial charge is 0.469 e. The molecule has 120 valence electrons. The second kappa shape index (κ2) is 6.38. The molecule has 2 aromatic rings. The zero-order chi connectivity index (χ0) is 16.4. The molecule has 0 saturated carbocycles. The molecule has 2 aromatic carbocycles. The minimum absolute atomic E-state index is 0.267. The molecule has 0 bridgehead atoms. The Kier molecular flexibility index (Phi) is 4.30. The molecule has 0 unspecified atom stereocenters. The number of hydrogen-bond acceptors (Lipinski definition) is 5. The fraction of sp³-hybridized carbons (Fsp3) is 0.333. The van der Waals surface area contributed by atoms with Gasteiger partial charge in [0.25, 0.3) is 0 Å². The Morgan fingerprint density at radius 3 is 2.39 bits per heavy atom. The molecule has 1 saturated heterocycles. The quantitative estimate of drug-likeness (QED) is 0.880. The number of carbonyl (C=O) groups is 2. The molecule has 0 spiro atoms. The Morgan fingerprint density at radius 1 is 1.00 bits per heavy atom. The molecule has 1 fully saturated rings. The third-order valence-electron chi connectivity index (χ3n) is 4.40. The van der Waals surface area contributed by atoms with Crippen LogP contribution in [0.4, 0.5) is 0 Å². The number of benzene rings is 2. The molecule has 5 nitrogen and oxygen atoms in total. The number of ether oxygens (including phenoxy) is 2. The first-order valence-electron chi connectivity index (χ1n) is 7.54. The number of methoxy groups -OCH3 is 2. The first-order chi connectivity index (χ1) is 11.1. The summed E-state index contributed by atoms with van der Waals surface area (Å²) in [6.45, 7) is 0. The average Bonchev–Trinajstić information content (AvgIpc) is 3.05. The van der Waals surface area contributed by atoms with Crippen LogP contribution in [-0.4, -0.2) is 32.2 Å². The van der Waals surface area contributed by atoms with Gasteiger partial charge in [0.2, 0.25) is 0 Å². The summed E-state index contributed by atoms with van der Waals surface area (Å²) in [6, 6.07) is 13.3. The second-order valence-electron chi connectivity index (χ2n) is 5.69. The molecule has 1 aliphatic heterocycles. The Balaban J connectivity index is 1.96. The molecule has 3 rings (SSSR count). The summed E-state index contributed by atoms with van der Waals surface area (Å²) in [5.74, 6) is -1.09. The van der Waals surface area contributed by atoms with Crippen LogP contribution in [0, 0.1) is 5.92 Å². The van der Waals surface area contributed by atoms with E-state index in [-0.39, 0.29) is 18.0 Å². The monoisotopic (exact) mass is 313 g/mol. The van der Waals surface area contributed by atoms with Crippen molar-refractivity contribution >= 4 is 22.7 Å². The highest BCUT2D eigenvalue weighted by Gasteiger charge is 2.43. The van der Waals surface area contributed by atoms with E-state index in [0.29, 0.717) is 6.42 Å². The van der Waals surface area contributed by atoms with Crippen LogP contribution in [0.1, 0.15) is 18.0 Å². The van der Waals surface area contributed by atoms with Crippen LogP contribution >= 0.6 is 0 Å². The lowest BCUT2D eigenvalue weighted by Crippen LogP contribution is -2.33. The molecule has 0 aromatic heterocycles. The van der Waals surface area contributed by atoms with Gasteiger partial charge in [-0.15, -0.1) is 0 Å². The first-order valence-corrected chi connectivity index (χ1v) is 7.54. The predicted molar refractivity (Wildman–Crippen MR) is 85.8 cm³/mol. The van der Waals surface area contributed by atoms with Gasteiger partial charge in [0, 0.05) is 6.04 Å². The van der Waals surface area contributed by atoms with Gasteiger partial charge in [-0.25, -0.2) is 0 Å². The number of carbonyl (C=O) groups excluding carboxylic acids is 2. The molecule has 5 heteroatoms. The van der Waals surface area contributed by atoms with Crippen LogP contribution in [0.15, 0.2) is 42.5 Å². The average molecular weight is 313 g/mol. The Bertz CT molecular complexity index is 743. The van der Waals surface area contributed by atoms with Crippen molar-refractivity contribution in [1.82, 2.24) is 5.32 Å². The number of rotatable bonds is 3. The highest BCUT2D eigenvalue weighted by Crippen LogP contribution is 2.35. The third-order valence-corrected chi connectivity index (χ3v) is 4.40. The van der Waals surface area contributed by atoms with E-state index < -0.39 is 12.0 Å². The molecule has 0 aliphatic carbocycles. The molecule has 0 amide bonds. The summed E-state index contributed by atoms with van der Waals surface area (Å²) in [6.07, 6.45) is 0.372. The van der Waals surface area contributed by atoms with Crippen LogP contribution in [0.5, 0.6) is 0 Å². The Labute approximate surface area is 134 Å². The van der Waals surface area contributed by atoms with Gasteiger partial charge in [0.1, 0.15) is 6.04 Å². The molecular formula is C18H19NO4. The third kappa shape index (κ3) is 2.92. The lowest BCUT2D eigenvalue weighted by Gasteiger charge is -2.18. The smallest absolute Gasteiger partial charge is 0.322 e. The summed E-state index contributed by atoms with van der Waals surface area (Å²) >= 11 is 0. The summed E-state index contributed by atoms with van der Waals surface area (Å²) in [4.78, 5) is 23.9. The van der Waals surface area contributed by atoms with Crippen molar-refractivity contribution in [2.24, 2.45) is 5.92 Å². The topological polar surface area (TPSA) is 64.6 Å². The maximum atomic E-state index is 12.1. The van der Waals surface area contributed by atoms with Crippen LogP contribution in [-0.2, 0) is 19.1 Å². The van der Waals surface area contributed by atoms with Gasteiger partial charge in [-0.2, -0.15) is 0 Å². The summed E-state index contributed by atoms with van der Waals surface area (Å²) in [5, 5.41) is 5.44. The van der Waals surface area contributed by atoms with Crippen molar-refractivity contribution < 1.29 is 19.1 Å². The molecule has 0 radical (unpaired) electrons. The highest BCUT2D eigenvalue weighted by molar-refractivity contribution is 5.84. The highest BCUT2D eigenvalue weighted by atomic mass is 16.5. The summed E-state index contributed by atoms with van der Waals surface area (Å²) < 4.78 is 9.70. The van der Waals surface area contributed by atoms with Gasteiger partial charge < -0.3 is 9.47 Å². The van der Waals surface area contributed by atoms with Gasteiger partial charge in [-0.3, -0.25) is 14.9 Å². The number of esters is 2. The van der Waals surface area contributed by atoms with Crippen LogP contribution < -0.4 is 5.32 Å². The zero-order valence-corrected chi connectivity index (χ0v) is 13.1. The van der Waals surface area contributed by atoms with Gasteiger partial charge in [-0.1, -0.05) is 36.4 Å². The van der Waals surface area contributed by atoms with Crippen molar-refractivity contribution in [3.8, 4) is 0 Å². The Hall–Kier alpha value is -2.40.